The van der Waals surface area contributed by atoms with Gasteiger partial charge in [0.05, 0.1) is 6.61 Å². The molecule has 0 aliphatic heterocycles. The lowest BCUT2D eigenvalue weighted by Gasteiger charge is -2.11. The zero-order valence-corrected chi connectivity index (χ0v) is 9.55. The molecule has 1 radical (unpaired) electrons. The van der Waals surface area contributed by atoms with E-state index >= 15 is 0 Å². The number of aryl methyl sites for hydroxylation is 1. The molecule has 1 aromatic carbocycles. The van der Waals surface area contributed by atoms with Gasteiger partial charge in [0.2, 0.25) is 0 Å². The molecule has 1 heteroatoms. The van der Waals surface area contributed by atoms with E-state index in [0.29, 0.717) is 0 Å². The molecule has 0 aromatic heterocycles. The Bertz CT molecular complexity index is 289. The van der Waals surface area contributed by atoms with Crippen LogP contribution < -0.4 is 4.74 Å². The third-order valence-corrected chi connectivity index (χ3v) is 2.26. The van der Waals surface area contributed by atoms with Gasteiger partial charge in [-0.3, -0.25) is 0 Å². The van der Waals surface area contributed by atoms with Crippen LogP contribution >= 0.6 is 0 Å². The third-order valence-electron chi connectivity index (χ3n) is 2.26. The van der Waals surface area contributed by atoms with Crippen LogP contribution in [0.2, 0.25) is 0 Å². The zero-order valence-electron chi connectivity index (χ0n) is 9.55. The highest BCUT2D eigenvalue weighted by Crippen LogP contribution is 2.22. The van der Waals surface area contributed by atoms with E-state index in [1.165, 1.54) is 17.0 Å². The van der Waals surface area contributed by atoms with Crippen LogP contribution in [0.4, 0.5) is 0 Å². The maximum Gasteiger partial charge on any atom is 0.119 e. The number of benzene rings is 1. The van der Waals surface area contributed by atoms with E-state index in [1.807, 2.05) is 6.92 Å². The molecule has 1 aromatic rings. The Morgan fingerprint density at radius 3 is 2.36 bits per heavy atom. The Morgan fingerprint density at radius 1 is 1.14 bits per heavy atom. The topological polar surface area (TPSA) is 9.23 Å². The fourth-order valence-corrected chi connectivity index (χ4v) is 1.40. The summed E-state index contributed by atoms with van der Waals surface area (Å²) in [5.41, 5.74) is 2.62. The number of ether oxygens (including phenoxy) is 1. The smallest absolute Gasteiger partial charge is 0.119 e. The van der Waals surface area contributed by atoms with Crippen molar-refractivity contribution in [1.82, 2.24) is 0 Å². The summed E-state index contributed by atoms with van der Waals surface area (Å²) in [6, 6.07) is 6.46. The molecule has 0 spiro atoms. The molecular weight excluding hydrogens is 172 g/mol. The van der Waals surface area contributed by atoms with E-state index < -0.39 is 0 Å². The van der Waals surface area contributed by atoms with Gasteiger partial charge >= 0.3 is 0 Å². The zero-order chi connectivity index (χ0) is 10.6. The van der Waals surface area contributed by atoms with E-state index in [4.69, 9.17) is 4.74 Å². The van der Waals surface area contributed by atoms with Gasteiger partial charge in [0.15, 0.2) is 0 Å². The predicted molar refractivity (Wildman–Crippen MR) is 60.7 cm³/mol. The molecule has 0 N–H and O–H groups in total. The van der Waals surface area contributed by atoms with Crippen molar-refractivity contribution in [1.29, 1.82) is 0 Å². The van der Waals surface area contributed by atoms with Gasteiger partial charge in [-0.05, 0) is 42.5 Å². The van der Waals surface area contributed by atoms with Crippen molar-refractivity contribution < 1.29 is 4.74 Å². The molecule has 1 rings (SSSR count). The van der Waals surface area contributed by atoms with E-state index in [-0.39, 0.29) is 0 Å². The van der Waals surface area contributed by atoms with Gasteiger partial charge in [0.25, 0.3) is 0 Å². The molecule has 0 aliphatic rings. The van der Waals surface area contributed by atoms with Crippen molar-refractivity contribution in [2.75, 3.05) is 6.61 Å². The van der Waals surface area contributed by atoms with Gasteiger partial charge in [0, 0.05) is 0 Å². The van der Waals surface area contributed by atoms with Gasteiger partial charge in [-0.2, -0.15) is 0 Å². The quantitative estimate of drug-likeness (QED) is 0.706. The molecule has 0 aliphatic carbocycles. The minimum atomic E-state index is 0.732. The molecule has 0 saturated carbocycles. The van der Waals surface area contributed by atoms with Crippen LogP contribution in [0.15, 0.2) is 18.2 Å². The monoisotopic (exact) mass is 191 g/mol. The van der Waals surface area contributed by atoms with Crippen molar-refractivity contribution in [3.8, 4) is 5.75 Å². The summed E-state index contributed by atoms with van der Waals surface area (Å²) in [5, 5.41) is 0. The Balaban J connectivity index is 3.00. The predicted octanol–water partition coefficient (Wildman–Crippen LogP) is 3.61. The molecule has 0 unspecified atom stereocenters. The molecule has 0 atom stereocenters. The normalized spacial score (nSPS) is 10.6. The number of rotatable bonds is 4. The molecule has 0 amide bonds. The van der Waals surface area contributed by atoms with E-state index in [0.717, 1.165) is 18.8 Å². The Labute approximate surface area is 87.1 Å². The summed E-state index contributed by atoms with van der Waals surface area (Å²) in [7, 11) is 0. The van der Waals surface area contributed by atoms with E-state index in [2.05, 4.69) is 39.0 Å². The first-order chi connectivity index (χ1) is 6.67. The Hall–Kier alpha value is -0.980. The van der Waals surface area contributed by atoms with Crippen LogP contribution in [-0.4, -0.2) is 6.61 Å². The van der Waals surface area contributed by atoms with Crippen molar-refractivity contribution in [3.63, 3.8) is 0 Å². The lowest BCUT2D eigenvalue weighted by molar-refractivity contribution is 0.339. The summed E-state index contributed by atoms with van der Waals surface area (Å²) in [4.78, 5) is 0. The molecule has 0 heterocycles. The second kappa shape index (κ2) is 5.04. The summed E-state index contributed by atoms with van der Waals surface area (Å²) >= 11 is 0. The van der Waals surface area contributed by atoms with Crippen LogP contribution in [0.5, 0.6) is 5.75 Å². The molecule has 0 saturated heterocycles. The second-order valence-corrected chi connectivity index (χ2v) is 3.65. The van der Waals surface area contributed by atoms with Gasteiger partial charge in [-0.1, -0.05) is 26.8 Å². The van der Waals surface area contributed by atoms with Crippen LogP contribution in [0, 0.1) is 5.92 Å². The molecule has 14 heavy (non-hydrogen) atoms. The van der Waals surface area contributed by atoms with Crippen molar-refractivity contribution >= 4 is 0 Å². The van der Waals surface area contributed by atoms with Crippen LogP contribution in [-0.2, 0) is 6.42 Å². The highest BCUT2D eigenvalue weighted by Gasteiger charge is 2.04. The molecule has 0 fully saturated rings. The van der Waals surface area contributed by atoms with Crippen LogP contribution in [0.3, 0.4) is 0 Å². The highest BCUT2D eigenvalue weighted by molar-refractivity contribution is 5.40. The lowest BCUT2D eigenvalue weighted by Crippen LogP contribution is -1.96. The first-order valence-corrected chi connectivity index (χ1v) is 5.24. The number of hydrogen-bond acceptors (Lipinski definition) is 1. The standard InChI is InChI=1S/C13H19O/c1-5-11-7-12(10(3)4)9-13(8-11)14-6-2/h7-9H,5-6H2,1-4H3. The molecule has 0 bridgehead atoms. The van der Waals surface area contributed by atoms with Gasteiger partial charge < -0.3 is 4.74 Å². The van der Waals surface area contributed by atoms with Gasteiger partial charge in [-0.25, -0.2) is 0 Å². The molecule has 1 nitrogen and oxygen atoms in total. The molecule has 77 valence electrons. The first kappa shape index (κ1) is 11.1. The fourth-order valence-electron chi connectivity index (χ4n) is 1.40. The minimum Gasteiger partial charge on any atom is -0.494 e. The summed E-state index contributed by atoms with van der Waals surface area (Å²) in [5.74, 6) is 2.32. The first-order valence-electron chi connectivity index (χ1n) is 5.24. The van der Waals surface area contributed by atoms with Crippen LogP contribution in [0.1, 0.15) is 38.8 Å². The Morgan fingerprint density at radius 2 is 1.86 bits per heavy atom. The van der Waals surface area contributed by atoms with Gasteiger partial charge in [0.1, 0.15) is 5.75 Å². The van der Waals surface area contributed by atoms with Crippen molar-refractivity contribution in [3.05, 3.63) is 35.2 Å². The van der Waals surface area contributed by atoms with Crippen molar-refractivity contribution in [2.45, 2.75) is 34.1 Å². The SMILES string of the molecule is CCOc1cc(CC)cc([C](C)C)c1. The van der Waals surface area contributed by atoms with E-state index in [1.54, 1.807) is 0 Å². The summed E-state index contributed by atoms with van der Waals surface area (Å²) in [6.45, 7) is 9.17. The summed E-state index contributed by atoms with van der Waals surface area (Å²) < 4.78 is 5.53. The second-order valence-electron chi connectivity index (χ2n) is 3.65. The molecular formula is C13H19O. The highest BCUT2D eigenvalue weighted by atomic mass is 16.5. The average molecular weight is 191 g/mol. The van der Waals surface area contributed by atoms with Crippen molar-refractivity contribution in [2.24, 2.45) is 0 Å². The fraction of sp³-hybridized carbons (Fsp3) is 0.462. The average Bonchev–Trinajstić information content (AvgIpc) is 2.17. The number of hydrogen-bond donors (Lipinski definition) is 0. The lowest BCUT2D eigenvalue weighted by atomic mass is 9.99. The van der Waals surface area contributed by atoms with Crippen LogP contribution in [0.25, 0.3) is 0 Å². The Kier molecular flexibility index (Phi) is 3.99. The van der Waals surface area contributed by atoms with Gasteiger partial charge in [-0.15, -0.1) is 0 Å². The van der Waals surface area contributed by atoms with E-state index in [9.17, 15) is 0 Å². The summed E-state index contributed by atoms with van der Waals surface area (Å²) in [6.07, 6.45) is 1.06. The maximum absolute atomic E-state index is 5.53. The largest absolute Gasteiger partial charge is 0.494 e. The maximum atomic E-state index is 5.53. The minimum absolute atomic E-state index is 0.732. The third kappa shape index (κ3) is 2.76.